The van der Waals surface area contributed by atoms with Crippen molar-refractivity contribution in [3.8, 4) is 0 Å². The van der Waals surface area contributed by atoms with E-state index in [2.05, 4.69) is 19.2 Å². The lowest BCUT2D eigenvalue weighted by Crippen LogP contribution is -2.29. The molecule has 2 unspecified atom stereocenters. The zero-order chi connectivity index (χ0) is 13.1. The van der Waals surface area contributed by atoms with Crippen LogP contribution in [-0.4, -0.2) is 6.54 Å². The first-order valence-electron chi connectivity index (χ1n) is 6.81. The van der Waals surface area contributed by atoms with Gasteiger partial charge in [-0.05, 0) is 55.8 Å². The normalized spacial score (nSPS) is 18.7. The van der Waals surface area contributed by atoms with E-state index >= 15 is 0 Å². The van der Waals surface area contributed by atoms with Gasteiger partial charge >= 0.3 is 0 Å². The van der Waals surface area contributed by atoms with Crippen molar-refractivity contribution in [1.82, 2.24) is 5.32 Å². The van der Waals surface area contributed by atoms with Crippen LogP contribution in [0.4, 0.5) is 8.78 Å². The summed E-state index contributed by atoms with van der Waals surface area (Å²) in [4.78, 5) is 0. The summed E-state index contributed by atoms with van der Waals surface area (Å²) < 4.78 is 27.2. The summed E-state index contributed by atoms with van der Waals surface area (Å²) >= 11 is 0. The van der Waals surface area contributed by atoms with E-state index in [1.165, 1.54) is 31.0 Å². The molecule has 0 spiro atoms. The first-order valence-corrected chi connectivity index (χ1v) is 6.81. The van der Waals surface area contributed by atoms with Crippen molar-refractivity contribution in [2.45, 2.75) is 39.2 Å². The Morgan fingerprint density at radius 2 is 2.06 bits per heavy atom. The maximum atomic E-state index is 13.9. The van der Waals surface area contributed by atoms with E-state index in [0.717, 1.165) is 13.0 Å². The smallest absolute Gasteiger partial charge is 0.128 e. The quantitative estimate of drug-likeness (QED) is 0.806. The fourth-order valence-electron chi connectivity index (χ4n) is 2.53. The standard InChI is InChI=1S/C15H21F2N/c1-3-8-18-15(10(2)11-4-5-11)13-9-12(16)6-7-14(13)17/h6-7,9-11,15,18H,3-5,8H2,1-2H3. The molecule has 1 aliphatic carbocycles. The number of hydrogen-bond acceptors (Lipinski definition) is 1. The van der Waals surface area contributed by atoms with Crippen LogP contribution in [0.5, 0.6) is 0 Å². The molecule has 0 heterocycles. The molecule has 2 atom stereocenters. The summed E-state index contributed by atoms with van der Waals surface area (Å²) in [5, 5.41) is 3.37. The van der Waals surface area contributed by atoms with Crippen LogP contribution >= 0.6 is 0 Å². The van der Waals surface area contributed by atoms with Crippen LogP contribution in [0.1, 0.15) is 44.7 Å². The van der Waals surface area contributed by atoms with E-state index in [9.17, 15) is 8.78 Å². The molecule has 3 heteroatoms. The van der Waals surface area contributed by atoms with Crippen LogP contribution in [0.25, 0.3) is 0 Å². The number of rotatable bonds is 6. The topological polar surface area (TPSA) is 12.0 Å². The minimum absolute atomic E-state index is 0.0758. The minimum Gasteiger partial charge on any atom is -0.310 e. The highest BCUT2D eigenvalue weighted by molar-refractivity contribution is 5.23. The van der Waals surface area contributed by atoms with Crippen LogP contribution in [0.2, 0.25) is 0 Å². The monoisotopic (exact) mass is 253 g/mol. The van der Waals surface area contributed by atoms with Gasteiger partial charge in [-0.1, -0.05) is 13.8 Å². The molecule has 0 radical (unpaired) electrons. The number of halogens is 2. The van der Waals surface area contributed by atoms with E-state index in [1.54, 1.807) is 0 Å². The van der Waals surface area contributed by atoms with Gasteiger partial charge in [-0.3, -0.25) is 0 Å². The Bertz CT molecular complexity index is 401. The lowest BCUT2D eigenvalue weighted by atomic mass is 9.90. The maximum Gasteiger partial charge on any atom is 0.128 e. The molecule has 1 nitrogen and oxygen atoms in total. The van der Waals surface area contributed by atoms with Crippen molar-refractivity contribution in [3.05, 3.63) is 35.4 Å². The van der Waals surface area contributed by atoms with Crippen LogP contribution in [0.15, 0.2) is 18.2 Å². The lowest BCUT2D eigenvalue weighted by molar-refractivity contribution is 0.339. The van der Waals surface area contributed by atoms with E-state index in [1.807, 2.05) is 0 Å². The molecule has 0 aliphatic heterocycles. The van der Waals surface area contributed by atoms with Gasteiger partial charge in [-0.15, -0.1) is 0 Å². The van der Waals surface area contributed by atoms with Crippen molar-refractivity contribution < 1.29 is 8.78 Å². The zero-order valence-corrected chi connectivity index (χ0v) is 11.0. The van der Waals surface area contributed by atoms with Gasteiger partial charge in [0.1, 0.15) is 11.6 Å². The third-order valence-corrected chi connectivity index (χ3v) is 3.80. The molecular formula is C15H21F2N. The summed E-state index contributed by atoms with van der Waals surface area (Å²) in [7, 11) is 0. The number of benzene rings is 1. The first kappa shape index (κ1) is 13.5. The number of hydrogen-bond donors (Lipinski definition) is 1. The third kappa shape index (κ3) is 3.08. The first-order chi connectivity index (χ1) is 8.63. The summed E-state index contributed by atoms with van der Waals surface area (Å²) in [5.41, 5.74) is 0.475. The molecule has 0 bridgehead atoms. The lowest BCUT2D eigenvalue weighted by Gasteiger charge is -2.26. The van der Waals surface area contributed by atoms with Crippen molar-refractivity contribution in [3.63, 3.8) is 0 Å². The van der Waals surface area contributed by atoms with E-state index in [0.29, 0.717) is 17.4 Å². The van der Waals surface area contributed by atoms with Gasteiger partial charge < -0.3 is 5.32 Å². The molecule has 0 saturated heterocycles. The molecule has 1 N–H and O–H groups in total. The number of nitrogens with one attached hydrogen (secondary N) is 1. The van der Waals surface area contributed by atoms with Gasteiger partial charge in [0.2, 0.25) is 0 Å². The highest BCUT2D eigenvalue weighted by atomic mass is 19.1. The third-order valence-electron chi connectivity index (χ3n) is 3.80. The molecule has 1 fully saturated rings. The van der Waals surface area contributed by atoms with Crippen molar-refractivity contribution in [1.29, 1.82) is 0 Å². The molecule has 1 aromatic rings. The molecule has 18 heavy (non-hydrogen) atoms. The molecule has 0 amide bonds. The Labute approximate surface area is 108 Å². The van der Waals surface area contributed by atoms with E-state index in [-0.39, 0.29) is 17.7 Å². The second-order valence-electron chi connectivity index (χ2n) is 5.29. The average Bonchev–Trinajstić information content (AvgIpc) is 3.17. The molecule has 1 saturated carbocycles. The Morgan fingerprint density at radius 3 is 2.67 bits per heavy atom. The van der Waals surface area contributed by atoms with Gasteiger partial charge in [0, 0.05) is 11.6 Å². The highest BCUT2D eigenvalue weighted by Gasteiger charge is 2.34. The van der Waals surface area contributed by atoms with Crippen LogP contribution in [0.3, 0.4) is 0 Å². The SMILES string of the molecule is CCCNC(c1cc(F)ccc1F)C(C)C1CC1. The second-order valence-corrected chi connectivity index (χ2v) is 5.29. The summed E-state index contributed by atoms with van der Waals surface area (Å²) in [5.74, 6) is 0.338. The van der Waals surface area contributed by atoms with Gasteiger partial charge in [-0.25, -0.2) is 8.78 Å². The van der Waals surface area contributed by atoms with Crippen LogP contribution < -0.4 is 5.32 Å². The zero-order valence-electron chi connectivity index (χ0n) is 11.0. The van der Waals surface area contributed by atoms with Gasteiger partial charge in [-0.2, -0.15) is 0 Å². The average molecular weight is 253 g/mol. The van der Waals surface area contributed by atoms with Crippen molar-refractivity contribution in [2.24, 2.45) is 11.8 Å². The van der Waals surface area contributed by atoms with Crippen molar-refractivity contribution >= 4 is 0 Å². The van der Waals surface area contributed by atoms with Gasteiger partial charge in [0.25, 0.3) is 0 Å². The van der Waals surface area contributed by atoms with Crippen LogP contribution in [-0.2, 0) is 0 Å². The predicted molar refractivity (Wildman–Crippen MR) is 69.3 cm³/mol. The summed E-state index contributed by atoms with van der Waals surface area (Å²) in [6.07, 6.45) is 3.41. The Hall–Kier alpha value is -0.960. The fraction of sp³-hybridized carbons (Fsp3) is 0.600. The second kappa shape index (κ2) is 5.79. The van der Waals surface area contributed by atoms with Gasteiger partial charge in [0.15, 0.2) is 0 Å². The molecule has 1 aliphatic rings. The van der Waals surface area contributed by atoms with E-state index < -0.39 is 0 Å². The fourth-order valence-corrected chi connectivity index (χ4v) is 2.53. The molecule has 1 aromatic carbocycles. The van der Waals surface area contributed by atoms with Gasteiger partial charge in [0.05, 0.1) is 0 Å². The Kier molecular flexibility index (Phi) is 4.33. The van der Waals surface area contributed by atoms with E-state index in [4.69, 9.17) is 0 Å². The minimum atomic E-state index is -0.363. The summed E-state index contributed by atoms with van der Waals surface area (Å²) in [6, 6.07) is 3.66. The highest BCUT2D eigenvalue weighted by Crippen LogP contribution is 2.43. The molecule has 2 rings (SSSR count). The molecular weight excluding hydrogens is 232 g/mol. The van der Waals surface area contributed by atoms with Crippen molar-refractivity contribution in [2.75, 3.05) is 6.54 Å². The van der Waals surface area contributed by atoms with Crippen LogP contribution in [0, 0.1) is 23.5 Å². The molecule has 0 aromatic heterocycles. The Morgan fingerprint density at radius 1 is 1.33 bits per heavy atom. The summed E-state index contributed by atoms with van der Waals surface area (Å²) in [6.45, 7) is 5.04. The maximum absolute atomic E-state index is 13.9. The Balaban J connectivity index is 2.22. The molecule has 100 valence electrons. The largest absolute Gasteiger partial charge is 0.310 e. The predicted octanol–water partition coefficient (Wildman–Crippen LogP) is 4.05.